The number of hydrogen-bond acceptors (Lipinski definition) is 4. The second-order valence-electron chi connectivity index (χ2n) is 5.37. The summed E-state index contributed by atoms with van der Waals surface area (Å²) in [6.45, 7) is 2.23. The van der Waals surface area contributed by atoms with Gasteiger partial charge in [-0.3, -0.25) is 4.79 Å². The zero-order valence-corrected chi connectivity index (χ0v) is 10.7. The van der Waals surface area contributed by atoms with Crippen molar-refractivity contribution in [3.63, 3.8) is 0 Å². The first-order chi connectivity index (χ1) is 8.08. The Labute approximate surface area is 103 Å². The molecule has 0 bridgehead atoms. The molecule has 0 aliphatic carbocycles. The summed E-state index contributed by atoms with van der Waals surface area (Å²) in [6, 6.07) is 0.432. The van der Waals surface area contributed by atoms with Crippen LogP contribution in [0.4, 0.5) is 0 Å². The Balaban J connectivity index is 1.82. The van der Waals surface area contributed by atoms with Crippen LogP contribution in [0, 0.1) is 0 Å². The third-order valence-electron chi connectivity index (χ3n) is 3.91. The van der Waals surface area contributed by atoms with E-state index < -0.39 is 0 Å². The molecule has 2 heterocycles. The van der Waals surface area contributed by atoms with Crippen LogP contribution in [0.25, 0.3) is 0 Å². The molecule has 17 heavy (non-hydrogen) atoms. The van der Waals surface area contributed by atoms with Crippen LogP contribution in [0.15, 0.2) is 0 Å². The Hall–Kier alpha value is -0.650. The average molecular weight is 241 g/mol. The van der Waals surface area contributed by atoms with E-state index in [9.17, 15) is 9.90 Å². The predicted molar refractivity (Wildman–Crippen MR) is 65.7 cm³/mol. The number of carbonyl (C=O) groups is 1. The first-order valence-electron chi connectivity index (χ1n) is 6.44. The third kappa shape index (κ3) is 2.97. The van der Waals surface area contributed by atoms with Crippen molar-refractivity contribution in [3.05, 3.63) is 0 Å². The maximum Gasteiger partial charge on any atom is 0.239 e. The van der Waals surface area contributed by atoms with Gasteiger partial charge >= 0.3 is 0 Å². The van der Waals surface area contributed by atoms with E-state index in [2.05, 4.69) is 24.3 Å². The van der Waals surface area contributed by atoms with Gasteiger partial charge in [0.2, 0.25) is 5.91 Å². The van der Waals surface area contributed by atoms with E-state index in [0.29, 0.717) is 19.0 Å². The zero-order valence-electron chi connectivity index (χ0n) is 10.7. The molecule has 2 unspecified atom stereocenters. The summed E-state index contributed by atoms with van der Waals surface area (Å²) in [5, 5.41) is 12.5. The second-order valence-corrected chi connectivity index (χ2v) is 5.37. The van der Waals surface area contributed by atoms with Crippen LogP contribution >= 0.6 is 0 Å². The molecule has 5 heteroatoms. The van der Waals surface area contributed by atoms with E-state index in [4.69, 9.17) is 0 Å². The van der Waals surface area contributed by atoms with Gasteiger partial charge in [-0.15, -0.1) is 0 Å². The summed E-state index contributed by atoms with van der Waals surface area (Å²) >= 11 is 0. The van der Waals surface area contributed by atoms with Crippen molar-refractivity contribution in [2.75, 3.05) is 33.7 Å². The van der Waals surface area contributed by atoms with Gasteiger partial charge in [-0.05, 0) is 33.4 Å². The van der Waals surface area contributed by atoms with Crippen LogP contribution in [0.2, 0.25) is 0 Å². The summed E-state index contributed by atoms with van der Waals surface area (Å²) in [4.78, 5) is 16.3. The lowest BCUT2D eigenvalue weighted by atomic mass is 10.0. The molecular weight excluding hydrogens is 218 g/mol. The monoisotopic (exact) mass is 241 g/mol. The topological polar surface area (TPSA) is 55.8 Å². The van der Waals surface area contributed by atoms with Crippen molar-refractivity contribution in [3.8, 4) is 0 Å². The summed E-state index contributed by atoms with van der Waals surface area (Å²) in [5.41, 5.74) is 0. The number of likely N-dealkylation sites (tertiary alicyclic amines) is 1. The summed E-state index contributed by atoms with van der Waals surface area (Å²) in [7, 11) is 4.19. The van der Waals surface area contributed by atoms with E-state index in [-0.39, 0.29) is 18.1 Å². The number of nitrogens with one attached hydrogen (secondary N) is 1. The van der Waals surface area contributed by atoms with Crippen LogP contribution in [0.5, 0.6) is 0 Å². The highest BCUT2D eigenvalue weighted by Crippen LogP contribution is 2.17. The molecule has 2 aliphatic heterocycles. The van der Waals surface area contributed by atoms with Gasteiger partial charge in [0.25, 0.3) is 0 Å². The highest BCUT2D eigenvalue weighted by Gasteiger charge is 2.33. The quantitative estimate of drug-likeness (QED) is 0.669. The second kappa shape index (κ2) is 5.33. The molecule has 0 aromatic rings. The molecule has 0 aromatic heterocycles. The van der Waals surface area contributed by atoms with Crippen molar-refractivity contribution in [2.45, 2.75) is 37.5 Å². The van der Waals surface area contributed by atoms with Crippen LogP contribution in [0.1, 0.15) is 19.3 Å². The van der Waals surface area contributed by atoms with Gasteiger partial charge in [0.05, 0.1) is 12.1 Å². The minimum absolute atomic E-state index is 0.166. The van der Waals surface area contributed by atoms with E-state index in [1.54, 1.807) is 0 Å². The molecule has 2 aliphatic rings. The molecule has 0 aromatic carbocycles. The normalized spacial score (nSPS) is 31.2. The first kappa shape index (κ1) is 12.8. The van der Waals surface area contributed by atoms with Crippen molar-refractivity contribution in [1.29, 1.82) is 0 Å². The predicted octanol–water partition coefficient (Wildman–Crippen LogP) is -0.738. The van der Waals surface area contributed by atoms with E-state index >= 15 is 0 Å². The van der Waals surface area contributed by atoms with Crippen LogP contribution in [0.3, 0.4) is 0 Å². The molecule has 2 rings (SSSR count). The number of aliphatic hydroxyl groups excluding tert-OH is 1. The lowest BCUT2D eigenvalue weighted by Gasteiger charge is -2.36. The Morgan fingerprint density at radius 1 is 1.35 bits per heavy atom. The minimum atomic E-state index is -0.358. The molecule has 0 spiro atoms. The van der Waals surface area contributed by atoms with Crippen LogP contribution < -0.4 is 5.32 Å². The lowest BCUT2D eigenvalue weighted by molar-refractivity contribution is -0.134. The molecule has 98 valence electrons. The summed E-state index contributed by atoms with van der Waals surface area (Å²) in [5.74, 6) is 0.166. The largest absolute Gasteiger partial charge is 0.392 e. The Morgan fingerprint density at radius 2 is 2.00 bits per heavy atom. The Morgan fingerprint density at radius 3 is 2.47 bits per heavy atom. The first-order valence-corrected chi connectivity index (χ1v) is 6.44. The number of rotatable bonds is 2. The fourth-order valence-corrected chi connectivity index (χ4v) is 2.73. The fraction of sp³-hybridized carbons (Fsp3) is 0.917. The smallest absolute Gasteiger partial charge is 0.239 e. The van der Waals surface area contributed by atoms with Crippen molar-refractivity contribution >= 4 is 5.91 Å². The van der Waals surface area contributed by atoms with Gasteiger partial charge in [-0.2, -0.15) is 0 Å². The van der Waals surface area contributed by atoms with E-state index in [0.717, 1.165) is 25.9 Å². The minimum Gasteiger partial charge on any atom is -0.392 e. The Bertz CT molecular complexity index is 275. The molecule has 1 amide bonds. The highest BCUT2D eigenvalue weighted by molar-refractivity contribution is 5.82. The van der Waals surface area contributed by atoms with Gasteiger partial charge in [0, 0.05) is 25.7 Å². The van der Waals surface area contributed by atoms with Crippen LogP contribution in [-0.2, 0) is 4.79 Å². The van der Waals surface area contributed by atoms with Crippen molar-refractivity contribution in [2.24, 2.45) is 0 Å². The van der Waals surface area contributed by atoms with E-state index in [1.165, 1.54) is 0 Å². The molecule has 2 N–H and O–H groups in total. The van der Waals surface area contributed by atoms with E-state index in [1.807, 2.05) is 4.90 Å². The number of piperidine rings is 1. The van der Waals surface area contributed by atoms with Crippen molar-refractivity contribution < 1.29 is 9.90 Å². The maximum absolute atomic E-state index is 12.2. The summed E-state index contributed by atoms with van der Waals surface area (Å²) in [6.07, 6.45) is 2.30. The molecular formula is C12H23N3O2. The fourth-order valence-electron chi connectivity index (χ4n) is 2.73. The third-order valence-corrected chi connectivity index (χ3v) is 3.91. The number of aliphatic hydroxyl groups is 1. The molecule has 2 atom stereocenters. The number of nitrogens with zero attached hydrogens (tertiary/aromatic N) is 2. The van der Waals surface area contributed by atoms with Gasteiger partial charge < -0.3 is 20.2 Å². The van der Waals surface area contributed by atoms with Crippen LogP contribution in [-0.4, -0.2) is 72.7 Å². The maximum atomic E-state index is 12.2. The zero-order chi connectivity index (χ0) is 12.4. The molecule has 2 fully saturated rings. The van der Waals surface area contributed by atoms with Crippen molar-refractivity contribution in [1.82, 2.24) is 15.1 Å². The molecule has 5 nitrogen and oxygen atoms in total. The number of amides is 1. The standard InChI is InChI=1S/C12H23N3O2/c1-14(2)9-3-5-15(6-4-9)12(17)11-7-10(16)8-13-11/h9-11,13,16H,3-8H2,1-2H3. The highest BCUT2D eigenvalue weighted by atomic mass is 16.3. The van der Waals surface area contributed by atoms with Gasteiger partial charge in [-0.25, -0.2) is 0 Å². The van der Waals surface area contributed by atoms with Gasteiger partial charge in [0.15, 0.2) is 0 Å². The molecule has 0 saturated carbocycles. The lowest BCUT2D eigenvalue weighted by Crippen LogP contribution is -2.49. The number of carbonyl (C=O) groups excluding carboxylic acids is 1. The SMILES string of the molecule is CN(C)C1CCN(C(=O)C2CC(O)CN2)CC1. The van der Waals surface area contributed by atoms with Gasteiger partial charge in [0.1, 0.15) is 0 Å². The Kier molecular flexibility index (Phi) is 4.01. The molecule has 2 saturated heterocycles. The van der Waals surface area contributed by atoms with Gasteiger partial charge in [-0.1, -0.05) is 0 Å². The number of hydrogen-bond donors (Lipinski definition) is 2. The molecule has 0 radical (unpaired) electrons. The summed E-state index contributed by atoms with van der Waals surface area (Å²) < 4.78 is 0. The average Bonchev–Trinajstić information content (AvgIpc) is 2.75. The number of β-amino-alcohol motifs (C(OH)–C–C–N with tert-alkyl or cyclic N) is 1.